The van der Waals surface area contributed by atoms with Crippen molar-refractivity contribution < 1.29 is 9.31 Å². The molecule has 2 rings (SSSR count). The lowest BCUT2D eigenvalue weighted by molar-refractivity contribution is -0.384. The van der Waals surface area contributed by atoms with Gasteiger partial charge in [0.25, 0.3) is 5.69 Å². The van der Waals surface area contributed by atoms with Crippen molar-refractivity contribution >= 4 is 11.4 Å². The maximum Gasteiger partial charge on any atom is 0.271 e. The van der Waals surface area contributed by atoms with Crippen LogP contribution >= 0.6 is 0 Å². The van der Waals surface area contributed by atoms with E-state index in [-0.39, 0.29) is 17.4 Å². The van der Waals surface area contributed by atoms with Crippen molar-refractivity contribution in [2.75, 3.05) is 5.32 Å². The molecule has 1 fully saturated rings. The molecule has 0 unspecified atom stereocenters. The average molecular weight is 252 g/mol. The zero-order chi connectivity index (χ0) is 13.3. The molecule has 98 valence electrons. The number of nitrogens with one attached hydrogen (secondary N) is 1. The van der Waals surface area contributed by atoms with Gasteiger partial charge in [0, 0.05) is 18.2 Å². The summed E-state index contributed by atoms with van der Waals surface area (Å²) in [5.41, 5.74) is 0.148. The summed E-state index contributed by atoms with van der Waals surface area (Å²) in [7, 11) is 0. The van der Waals surface area contributed by atoms with Crippen LogP contribution in [0.15, 0.2) is 18.2 Å². The van der Waals surface area contributed by atoms with Crippen LogP contribution in [0.3, 0.4) is 0 Å². The highest BCUT2D eigenvalue weighted by molar-refractivity contribution is 5.53. The summed E-state index contributed by atoms with van der Waals surface area (Å²) in [5.74, 6) is 0.871. The molecule has 0 amide bonds. The lowest BCUT2D eigenvalue weighted by Crippen LogP contribution is -2.38. The Kier molecular flexibility index (Phi) is 3.50. The minimum atomic E-state index is -0.512. The number of anilines is 1. The number of nitro groups is 1. The molecule has 5 heteroatoms. The van der Waals surface area contributed by atoms with Crippen LogP contribution in [0.25, 0.3) is 0 Å². The van der Waals surface area contributed by atoms with Crippen LogP contribution in [0.1, 0.15) is 26.7 Å². The Morgan fingerprint density at radius 3 is 2.67 bits per heavy atom. The molecular formula is C13H17FN2O2. The van der Waals surface area contributed by atoms with E-state index in [0.717, 1.165) is 18.9 Å². The zero-order valence-electron chi connectivity index (χ0n) is 10.5. The Morgan fingerprint density at radius 2 is 2.11 bits per heavy atom. The van der Waals surface area contributed by atoms with Crippen molar-refractivity contribution in [3.63, 3.8) is 0 Å². The second-order valence-corrected chi connectivity index (χ2v) is 5.24. The van der Waals surface area contributed by atoms with E-state index in [1.165, 1.54) is 12.1 Å². The van der Waals surface area contributed by atoms with E-state index in [9.17, 15) is 14.5 Å². The van der Waals surface area contributed by atoms with Crippen molar-refractivity contribution in [1.29, 1.82) is 0 Å². The first-order valence-electron chi connectivity index (χ1n) is 6.18. The highest BCUT2D eigenvalue weighted by Crippen LogP contribution is 2.36. The van der Waals surface area contributed by atoms with Gasteiger partial charge < -0.3 is 5.32 Å². The number of benzene rings is 1. The van der Waals surface area contributed by atoms with Crippen molar-refractivity contribution in [2.45, 2.75) is 32.7 Å². The zero-order valence-corrected chi connectivity index (χ0v) is 10.5. The van der Waals surface area contributed by atoms with E-state index in [1.54, 1.807) is 0 Å². The molecule has 0 atom stereocenters. The smallest absolute Gasteiger partial charge is 0.271 e. The summed E-state index contributed by atoms with van der Waals surface area (Å²) in [6.07, 6.45) is 2.00. The number of rotatable bonds is 4. The van der Waals surface area contributed by atoms with Crippen molar-refractivity contribution in [3.05, 3.63) is 34.1 Å². The predicted octanol–water partition coefficient (Wildman–Crippen LogP) is 3.58. The fourth-order valence-electron chi connectivity index (χ4n) is 2.28. The fourth-order valence-corrected chi connectivity index (χ4v) is 2.28. The monoisotopic (exact) mass is 252 g/mol. The second kappa shape index (κ2) is 4.92. The lowest BCUT2D eigenvalue weighted by atomic mass is 9.73. The molecule has 0 aromatic heterocycles. The van der Waals surface area contributed by atoms with Gasteiger partial charge in [-0.2, -0.15) is 0 Å². The Bertz CT molecular complexity index is 456. The van der Waals surface area contributed by atoms with E-state index >= 15 is 0 Å². The third-order valence-corrected chi connectivity index (χ3v) is 3.64. The van der Waals surface area contributed by atoms with Gasteiger partial charge in [-0.15, -0.1) is 0 Å². The third-order valence-electron chi connectivity index (χ3n) is 3.64. The first kappa shape index (κ1) is 12.8. The molecular weight excluding hydrogens is 235 g/mol. The predicted molar refractivity (Wildman–Crippen MR) is 68.0 cm³/mol. The summed E-state index contributed by atoms with van der Waals surface area (Å²) >= 11 is 0. The third kappa shape index (κ3) is 2.60. The van der Waals surface area contributed by atoms with Crippen LogP contribution < -0.4 is 5.32 Å². The van der Waals surface area contributed by atoms with Crippen LogP contribution in [0.5, 0.6) is 0 Å². The molecule has 0 radical (unpaired) electrons. The van der Waals surface area contributed by atoms with Gasteiger partial charge in [-0.3, -0.25) is 10.1 Å². The van der Waals surface area contributed by atoms with Gasteiger partial charge in [-0.1, -0.05) is 13.8 Å². The molecule has 1 aliphatic rings. The Balaban J connectivity index is 2.02. The molecule has 1 aromatic rings. The van der Waals surface area contributed by atoms with E-state index < -0.39 is 10.7 Å². The Hall–Kier alpha value is -1.65. The number of hydrogen-bond acceptors (Lipinski definition) is 3. The molecule has 1 saturated carbocycles. The molecule has 18 heavy (non-hydrogen) atoms. The van der Waals surface area contributed by atoms with E-state index in [2.05, 4.69) is 19.2 Å². The van der Waals surface area contributed by atoms with Crippen LogP contribution in [0.4, 0.5) is 15.8 Å². The fraction of sp³-hybridized carbons (Fsp3) is 0.538. The number of hydrogen-bond donors (Lipinski definition) is 1. The number of halogens is 1. The second-order valence-electron chi connectivity index (χ2n) is 5.24. The summed E-state index contributed by atoms with van der Waals surface area (Å²) in [4.78, 5) is 10.1. The van der Waals surface area contributed by atoms with Gasteiger partial charge in [-0.25, -0.2) is 4.39 Å². The van der Waals surface area contributed by atoms with Crippen molar-refractivity contribution in [2.24, 2.45) is 11.8 Å². The minimum Gasteiger partial charge on any atom is -0.380 e. The average Bonchev–Trinajstić information content (AvgIpc) is 2.23. The quantitative estimate of drug-likeness (QED) is 0.658. The first-order valence-corrected chi connectivity index (χ1v) is 6.18. The van der Waals surface area contributed by atoms with Crippen LogP contribution in [0.2, 0.25) is 0 Å². The molecule has 0 spiro atoms. The molecule has 1 aromatic carbocycles. The van der Waals surface area contributed by atoms with Crippen LogP contribution in [-0.4, -0.2) is 11.0 Å². The lowest BCUT2D eigenvalue weighted by Gasteiger charge is -2.39. The van der Waals surface area contributed by atoms with Gasteiger partial charge >= 0.3 is 0 Å². The largest absolute Gasteiger partial charge is 0.380 e. The highest BCUT2D eigenvalue weighted by Gasteiger charge is 2.31. The van der Waals surface area contributed by atoms with Gasteiger partial charge in [0.1, 0.15) is 5.82 Å². The number of nitrogens with zero attached hydrogens (tertiary/aromatic N) is 1. The first-order chi connectivity index (χ1) is 8.47. The highest BCUT2D eigenvalue weighted by atomic mass is 19.1. The standard InChI is InChI=1S/C13H17FN2O2/c1-8(2)9-5-10(6-9)15-13-7-11(16(17)18)3-4-12(13)14/h3-4,7-10,15H,5-6H2,1-2H3. The van der Waals surface area contributed by atoms with Crippen LogP contribution in [-0.2, 0) is 0 Å². The number of non-ortho nitro benzene ring substituents is 1. The molecule has 0 saturated heterocycles. The Labute approximate surface area is 105 Å². The molecule has 4 nitrogen and oxygen atoms in total. The normalized spacial score (nSPS) is 22.7. The topological polar surface area (TPSA) is 55.2 Å². The van der Waals surface area contributed by atoms with Crippen LogP contribution in [0, 0.1) is 27.8 Å². The van der Waals surface area contributed by atoms with Gasteiger partial charge in [0.2, 0.25) is 0 Å². The molecule has 1 aliphatic carbocycles. The van der Waals surface area contributed by atoms with Gasteiger partial charge in [-0.05, 0) is 30.7 Å². The maximum absolute atomic E-state index is 13.5. The minimum absolute atomic E-state index is 0.0846. The Morgan fingerprint density at radius 1 is 1.44 bits per heavy atom. The van der Waals surface area contributed by atoms with Gasteiger partial charge in [0.05, 0.1) is 10.6 Å². The van der Waals surface area contributed by atoms with E-state index in [4.69, 9.17) is 0 Å². The van der Waals surface area contributed by atoms with Gasteiger partial charge in [0.15, 0.2) is 0 Å². The molecule has 0 heterocycles. The molecule has 0 aliphatic heterocycles. The van der Waals surface area contributed by atoms with E-state index in [0.29, 0.717) is 11.8 Å². The summed E-state index contributed by atoms with van der Waals surface area (Å²) in [6, 6.07) is 3.81. The van der Waals surface area contributed by atoms with Crippen molar-refractivity contribution in [3.8, 4) is 0 Å². The number of nitro benzene ring substituents is 1. The molecule has 0 bridgehead atoms. The summed E-state index contributed by atoms with van der Waals surface area (Å²) < 4.78 is 13.5. The maximum atomic E-state index is 13.5. The molecule has 1 N–H and O–H groups in total. The SMILES string of the molecule is CC(C)C1CC(Nc2cc([N+](=O)[O-])ccc2F)C1. The summed E-state index contributed by atoms with van der Waals surface area (Å²) in [6.45, 7) is 4.35. The van der Waals surface area contributed by atoms with Crippen molar-refractivity contribution in [1.82, 2.24) is 0 Å². The summed E-state index contributed by atoms with van der Waals surface area (Å²) in [5, 5.41) is 13.7. The van der Waals surface area contributed by atoms with E-state index in [1.807, 2.05) is 0 Å².